The lowest BCUT2D eigenvalue weighted by atomic mass is 9.74. The molecular weight excluding hydrogens is 256 g/mol. The SMILES string of the molecule is COc1c(C(C)(C)C)cccc1C(C)(C)C1=CCC(C)=C1. The molecule has 1 heteroatoms. The lowest BCUT2D eigenvalue weighted by Crippen LogP contribution is -2.22. The van der Waals surface area contributed by atoms with Crippen molar-refractivity contribution in [1.82, 2.24) is 0 Å². The average Bonchev–Trinajstić information content (AvgIpc) is 2.84. The molecule has 0 aromatic heterocycles. The fourth-order valence-electron chi connectivity index (χ4n) is 3.09. The molecule has 1 aromatic carbocycles. The van der Waals surface area contributed by atoms with Crippen molar-refractivity contribution < 1.29 is 4.74 Å². The molecule has 2 rings (SSSR count). The van der Waals surface area contributed by atoms with Crippen molar-refractivity contribution in [1.29, 1.82) is 0 Å². The van der Waals surface area contributed by atoms with Gasteiger partial charge in [0.25, 0.3) is 0 Å². The third-order valence-electron chi connectivity index (χ3n) is 4.47. The summed E-state index contributed by atoms with van der Waals surface area (Å²) < 4.78 is 5.83. The molecule has 114 valence electrons. The molecule has 0 unspecified atom stereocenters. The van der Waals surface area contributed by atoms with Gasteiger partial charge in [-0.2, -0.15) is 0 Å². The first-order valence-electron chi connectivity index (χ1n) is 7.73. The highest BCUT2D eigenvalue weighted by Gasteiger charge is 2.32. The minimum atomic E-state index is -0.0373. The highest BCUT2D eigenvalue weighted by atomic mass is 16.5. The number of rotatable bonds is 3. The Balaban J connectivity index is 2.59. The smallest absolute Gasteiger partial charge is 0.126 e. The molecule has 1 aromatic rings. The molecule has 0 saturated carbocycles. The third-order valence-corrected chi connectivity index (χ3v) is 4.47. The number of para-hydroxylation sites is 1. The van der Waals surface area contributed by atoms with Crippen LogP contribution < -0.4 is 4.74 Å². The van der Waals surface area contributed by atoms with Gasteiger partial charge in [-0.05, 0) is 29.9 Å². The topological polar surface area (TPSA) is 9.23 Å². The molecule has 0 radical (unpaired) electrons. The van der Waals surface area contributed by atoms with E-state index in [-0.39, 0.29) is 10.8 Å². The predicted molar refractivity (Wildman–Crippen MR) is 91.2 cm³/mol. The fraction of sp³-hybridized carbons (Fsp3) is 0.500. The van der Waals surface area contributed by atoms with Crippen molar-refractivity contribution in [3.8, 4) is 5.75 Å². The summed E-state index contributed by atoms with van der Waals surface area (Å²) in [4.78, 5) is 0. The van der Waals surface area contributed by atoms with Crippen molar-refractivity contribution >= 4 is 0 Å². The van der Waals surface area contributed by atoms with Gasteiger partial charge < -0.3 is 4.74 Å². The van der Waals surface area contributed by atoms with Crippen molar-refractivity contribution in [3.63, 3.8) is 0 Å². The van der Waals surface area contributed by atoms with Crippen LogP contribution in [0.25, 0.3) is 0 Å². The summed E-state index contributed by atoms with van der Waals surface area (Å²) >= 11 is 0. The van der Waals surface area contributed by atoms with Gasteiger partial charge in [0.05, 0.1) is 7.11 Å². The Bertz CT molecular complexity index is 595. The van der Waals surface area contributed by atoms with Crippen molar-refractivity contribution in [2.45, 2.75) is 58.8 Å². The second-order valence-electron chi connectivity index (χ2n) is 7.62. The lowest BCUT2D eigenvalue weighted by Gasteiger charge is -2.32. The summed E-state index contributed by atoms with van der Waals surface area (Å²) in [6, 6.07) is 6.55. The molecule has 0 aliphatic heterocycles. The quantitative estimate of drug-likeness (QED) is 0.707. The van der Waals surface area contributed by atoms with Gasteiger partial charge in [-0.1, -0.05) is 70.5 Å². The van der Waals surface area contributed by atoms with Crippen molar-refractivity contribution in [2.75, 3.05) is 7.11 Å². The van der Waals surface area contributed by atoms with Crippen LogP contribution in [0.15, 0.2) is 41.5 Å². The lowest BCUT2D eigenvalue weighted by molar-refractivity contribution is 0.384. The van der Waals surface area contributed by atoms with Crippen LogP contribution in [0.4, 0.5) is 0 Å². The third kappa shape index (κ3) is 2.92. The number of hydrogen-bond donors (Lipinski definition) is 0. The Hall–Kier alpha value is -1.50. The van der Waals surface area contributed by atoms with E-state index in [2.05, 4.69) is 71.9 Å². The Morgan fingerprint density at radius 1 is 1.00 bits per heavy atom. The second kappa shape index (κ2) is 5.36. The van der Waals surface area contributed by atoms with Gasteiger partial charge in [0.15, 0.2) is 0 Å². The maximum absolute atomic E-state index is 5.83. The van der Waals surface area contributed by atoms with E-state index in [9.17, 15) is 0 Å². The van der Waals surface area contributed by atoms with Gasteiger partial charge in [-0.3, -0.25) is 0 Å². The molecule has 1 aliphatic rings. The zero-order valence-corrected chi connectivity index (χ0v) is 14.5. The van der Waals surface area contributed by atoms with E-state index < -0.39 is 0 Å². The number of ether oxygens (including phenoxy) is 1. The molecule has 0 N–H and O–H groups in total. The molecule has 0 spiro atoms. The zero-order valence-electron chi connectivity index (χ0n) is 14.5. The van der Waals surface area contributed by atoms with Crippen LogP contribution in [0.3, 0.4) is 0 Å². The summed E-state index contributed by atoms with van der Waals surface area (Å²) in [7, 11) is 1.79. The first kappa shape index (κ1) is 15.9. The molecule has 0 atom stereocenters. The summed E-state index contributed by atoms with van der Waals surface area (Å²) in [5.74, 6) is 1.04. The monoisotopic (exact) mass is 284 g/mol. The molecular formula is C20H28O. The van der Waals surface area contributed by atoms with Crippen LogP contribution in [0, 0.1) is 0 Å². The Labute approximate surface area is 129 Å². The van der Waals surface area contributed by atoms with Crippen molar-refractivity contribution in [2.24, 2.45) is 0 Å². The van der Waals surface area contributed by atoms with E-state index in [1.54, 1.807) is 7.11 Å². The van der Waals surface area contributed by atoms with Gasteiger partial charge in [-0.15, -0.1) is 0 Å². The highest BCUT2D eigenvalue weighted by Crippen LogP contribution is 2.44. The predicted octanol–water partition coefficient (Wildman–Crippen LogP) is 5.55. The highest BCUT2D eigenvalue weighted by molar-refractivity contribution is 5.54. The maximum atomic E-state index is 5.83. The first-order chi connectivity index (χ1) is 9.67. The van der Waals surface area contributed by atoms with E-state index in [1.165, 1.54) is 22.3 Å². The van der Waals surface area contributed by atoms with E-state index in [1.807, 2.05) is 0 Å². The molecule has 21 heavy (non-hydrogen) atoms. The van der Waals surface area contributed by atoms with E-state index in [0.29, 0.717) is 0 Å². The Kier molecular flexibility index (Phi) is 4.06. The van der Waals surface area contributed by atoms with Crippen LogP contribution >= 0.6 is 0 Å². The van der Waals surface area contributed by atoms with Gasteiger partial charge in [0.2, 0.25) is 0 Å². The van der Waals surface area contributed by atoms with E-state index >= 15 is 0 Å². The summed E-state index contributed by atoms with van der Waals surface area (Å²) in [6.45, 7) is 13.5. The standard InChI is InChI=1S/C20H28O/c1-14-11-12-15(13-14)20(5,6)17-10-8-9-16(18(17)21-7)19(2,3)4/h8-10,12-13H,11H2,1-7H3. The molecule has 0 fully saturated rings. The summed E-state index contributed by atoms with van der Waals surface area (Å²) in [5, 5.41) is 0. The van der Waals surface area contributed by atoms with Crippen LogP contribution in [0.2, 0.25) is 0 Å². The average molecular weight is 284 g/mol. The number of allylic oxidation sites excluding steroid dienone is 4. The van der Waals surface area contributed by atoms with Crippen LogP contribution in [-0.4, -0.2) is 7.11 Å². The minimum absolute atomic E-state index is 0.0373. The zero-order chi connectivity index (χ0) is 15.8. The van der Waals surface area contributed by atoms with Gasteiger partial charge in [0, 0.05) is 11.0 Å². The van der Waals surface area contributed by atoms with E-state index in [4.69, 9.17) is 4.74 Å². The Morgan fingerprint density at radius 2 is 1.62 bits per heavy atom. The molecule has 1 nitrogen and oxygen atoms in total. The van der Waals surface area contributed by atoms with Gasteiger partial charge in [-0.25, -0.2) is 0 Å². The maximum Gasteiger partial charge on any atom is 0.126 e. The molecule has 0 heterocycles. The summed E-state index contributed by atoms with van der Waals surface area (Å²) in [5.41, 5.74) is 5.41. The second-order valence-corrected chi connectivity index (χ2v) is 7.62. The van der Waals surface area contributed by atoms with Gasteiger partial charge >= 0.3 is 0 Å². The van der Waals surface area contributed by atoms with Crippen LogP contribution in [0.5, 0.6) is 5.75 Å². The molecule has 0 saturated heterocycles. The van der Waals surface area contributed by atoms with Crippen LogP contribution in [0.1, 0.15) is 59.1 Å². The number of benzene rings is 1. The first-order valence-corrected chi connectivity index (χ1v) is 7.73. The fourth-order valence-corrected chi connectivity index (χ4v) is 3.09. The minimum Gasteiger partial charge on any atom is -0.496 e. The molecule has 0 bridgehead atoms. The normalized spacial score (nSPS) is 15.8. The number of methoxy groups -OCH3 is 1. The number of hydrogen-bond acceptors (Lipinski definition) is 1. The Morgan fingerprint density at radius 3 is 2.10 bits per heavy atom. The largest absolute Gasteiger partial charge is 0.496 e. The van der Waals surface area contributed by atoms with Crippen LogP contribution in [-0.2, 0) is 10.8 Å². The van der Waals surface area contributed by atoms with Gasteiger partial charge in [0.1, 0.15) is 5.75 Å². The summed E-state index contributed by atoms with van der Waals surface area (Å²) in [6.07, 6.45) is 5.74. The van der Waals surface area contributed by atoms with E-state index in [0.717, 1.165) is 12.2 Å². The molecule has 0 amide bonds. The molecule has 1 aliphatic carbocycles. The van der Waals surface area contributed by atoms with Crippen molar-refractivity contribution in [3.05, 3.63) is 52.6 Å².